The number of amides is 1. The van der Waals surface area contributed by atoms with Crippen molar-refractivity contribution in [3.05, 3.63) is 58.1 Å². The molecule has 1 aliphatic rings. The monoisotopic (exact) mass is 408 g/mol. The highest BCUT2D eigenvalue weighted by atomic mass is 35.5. The van der Waals surface area contributed by atoms with Gasteiger partial charge < -0.3 is 9.80 Å². The van der Waals surface area contributed by atoms with Gasteiger partial charge in [0.15, 0.2) is 0 Å². The zero-order chi connectivity index (χ0) is 18.8. The first kappa shape index (κ1) is 19.2. The standard InChI is InChI=1S/C19H18Cl2N2O2S/c1-22(2)9-10-23-15-11-14(21)7-8-16(15)26-18(17(24)19(23)25)12-3-5-13(20)6-4-12/h3-8,11,18H,9-10H2,1-2H3. The number of benzene rings is 2. The Morgan fingerprint density at radius 3 is 2.35 bits per heavy atom. The highest BCUT2D eigenvalue weighted by molar-refractivity contribution is 8.00. The lowest BCUT2D eigenvalue weighted by Gasteiger charge is -2.23. The molecular formula is C19H18Cl2N2O2S. The lowest BCUT2D eigenvalue weighted by Crippen LogP contribution is -2.41. The van der Waals surface area contributed by atoms with Gasteiger partial charge in [0.25, 0.3) is 5.91 Å². The molecule has 0 aliphatic carbocycles. The predicted molar refractivity (Wildman–Crippen MR) is 107 cm³/mol. The smallest absolute Gasteiger partial charge is 0.296 e. The Balaban J connectivity index is 2.04. The summed E-state index contributed by atoms with van der Waals surface area (Å²) >= 11 is 13.5. The Hall–Kier alpha value is -1.53. The van der Waals surface area contributed by atoms with Crippen LogP contribution < -0.4 is 4.90 Å². The van der Waals surface area contributed by atoms with E-state index in [-0.39, 0.29) is 0 Å². The number of hydrogen-bond donors (Lipinski definition) is 0. The maximum Gasteiger partial charge on any atom is 0.296 e. The van der Waals surface area contributed by atoms with Crippen molar-refractivity contribution in [3.63, 3.8) is 0 Å². The van der Waals surface area contributed by atoms with Crippen LogP contribution in [0.5, 0.6) is 0 Å². The highest BCUT2D eigenvalue weighted by Gasteiger charge is 2.37. The second-order valence-electron chi connectivity index (χ2n) is 6.29. The molecule has 136 valence electrons. The van der Waals surface area contributed by atoms with Crippen LogP contribution in [-0.4, -0.2) is 43.8 Å². The Kier molecular flexibility index (Phi) is 5.92. The Bertz CT molecular complexity index is 840. The number of nitrogens with zero attached hydrogens (tertiary/aromatic N) is 2. The molecule has 0 saturated heterocycles. The molecule has 7 heteroatoms. The number of Topliss-reactive ketones (excluding diaryl/α,β-unsaturated/α-hetero) is 1. The van der Waals surface area contributed by atoms with Crippen molar-refractivity contribution in [1.82, 2.24) is 4.90 Å². The maximum atomic E-state index is 13.0. The van der Waals surface area contributed by atoms with Gasteiger partial charge in [0, 0.05) is 28.0 Å². The van der Waals surface area contributed by atoms with Gasteiger partial charge in [-0.05, 0) is 50.0 Å². The van der Waals surface area contributed by atoms with E-state index in [2.05, 4.69) is 0 Å². The maximum absolute atomic E-state index is 13.0. The molecule has 0 bridgehead atoms. The molecule has 4 nitrogen and oxygen atoms in total. The number of halogens is 2. The number of ketones is 1. The number of likely N-dealkylation sites (N-methyl/N-ethyl adjacent to an activating group) is 1. The summed E-state index contributed by atoms with van der Waals surface area (Å²) in [5.74, 6) is -0.955. The van der Waals surface area contributed by atoms with Gasteiger partial charge >= 0.3 is 0 Å². The minimum Gasteiger partial charge on any atom is -0.308 e. The van der Waals surface area contributed by atoms with Gasteiger partial charge in [-0.1, -0.05) is 35.3 Å². The fourth-order valence-corrected chi connectivity index (χ4v) is 4.20. The molecule has 2 aromatic carbocycles. The van der Waals surface area contributed by atoms with Crippen LogP contribution >= 0.6 is 35.0 Å². The summed E-state index contributed by atoms with van der Waals surface area (Å²) in [5, 5.41) is 0.513. The van der Waals surface area contributed by atoms with E-state index in [4.69, 9.17) is 23.2 Å². The normalized spacial score (nSPS) is 17.4. The third-order valence-corrected chi connectivity index (χ3v) is 5.90. The fourth-order valence-electron chi connectivity index (χ4n) is 2.72. The summed E-state index contributed by atoms with van der Waals surface area (Å²) < 4.78 is 0. The molecule has 0 fully saturated rings. The first-order valence-corrected chi connectivity index (χ1v) is 9.72. The zero-order valence-corrected chi connectivity index (χ0v) is 16.7. The van der Waals surface area contributed by atoms with Crippen LogP contribution in [0.1, 0.15) is 10.8 Å². The Morgan fingerprint density at radius 2 is 1.69 bits per heavy atom. The number of rotatable bonds is 4. The number of thioether (sulfide) groups is 1. The van der Waals surface area contributed by atoms with Gasteiger partial charge in [0.1, 0.15) is 5.25 Å². The summed E-state index contributed by atoms with van der Waals surface area (Å²) in [5.41, 5.74) is 1.44. The van der Waals surface area contributed by atoms with Crippen LogP contribution in [0.25, 0.3) is 0 Å². The molecule has 0 spiro atoms. The third-order valence-electron chi connectivity index (χ3n) is 4.09. The van der Waals surface area contributed by atoms with Crippen molar-refractivity contribution < 1.29 is 9.59 Å². The molecule has 3 rings (SSSR count). The van der Waals surface area contributed by atoms with E-state index in [9.17, 15) is 9.59 Å². The SMILES string of the molecule is CN(C)CCN1C(=O)C(=O)C(c2ccc(Cl)cc2)Sc2ccc(Cl)cc21. The summed E-state index contributed by atoms with van der Waals surface area (Å²) in [6.07, 6.45) is 0. The van der Waals surface area contributed by atoms with Crippen LogP contribution in [0, 0.1) is 0 Å². The van der Waals surface area contributed by atoms with Gasteiger partial charge in [-0.15, -0.1) is 11.8 Å². The second-order valence-corrected chi connectivity index (χ2v) is 8.31. The second kappa shape index (κ2) is 8.01. The first-order valence-electron chi connectivity index (χ1n) is 8.09. The lowest BCUT2D eigenvalue weighted by molar-refractivity contribution is -0.136. The summed E-state index contributed by atoms with van der Waals surface area (Å²) in [7, 11) is 3.85. The average Bonchev–Trinajstić information content (AvgIpc) is 2.70. The molecule has 1 unspecified atom stereocenters. The van der Waals surface area contributed by atoms with E-state index in [1.807, 2.05) is 25.1 Å². The molecule has 26 heavy (non-hydrogen) atoms. The Morgan fingerprint density at radius 1 is 1.04 bits per heavy atom. The Labute approximate surface area is 167 Å². The molecule has 1 amide bonds. The van der Waals surface area contributed by atoms with E-state index in [0.717, 1.165) is 10.5 Å². The molecule has 1 atom stereocenters. The van der Waals surface area contributed by atoms with Crippen molar-refractivity contribution in [1.29, 1.82) is 0 Å². The van der Waals surface area contributed by atoms with Crippen LogP contribution in [0.3, 0.4) is 0 Å². The molecule has 0 aromatic heterocycles. The van der Waals surface area contributed by atoms with Crippen LogP contribution in [0.2, 0.25) is 10.0 Å². The van der Waals surface area contributed by atoms with Gasteiger partial charge in [0.05, 0.1) is 5.69 Å². The topological polar surface area (TPSA) is 40.6 Å². The van der Waals surface area contributed by atoms with Crippen molar-refractivity contribution in [2.24, 2.45) is 0 Å². The summed E-state index contributed by atoms with van der Waals surface area (Å²) in [6.45, 7) is 1.06. The molecule has 2 aromatic rings. The van der Waals surface area contributed by atoms with Gasteiger partial charge in [-0.2, -0.15) is 0 Å². The van der Waals surface area contributed by atoms with Crippen LogP contribution in [0.4, 0.5) is 5.69 Å². The van der Waals surface area contributed by atoms with E-state index >= 15 is 0 Å². The average molecular weight is 409 g/mol. The molecular weight excluding hydrogens is 391 g/mol. The predicted octanol–water partition coefficient (Wildman–Crippen LogP) is 4.30. The van der Waals surface area contributed by atoms with E-state index in [0.29, 0.717) is 28.8 Å². The summed E-state index contributed by atoms with van der Waals surface area (Å²) in [6, 6.07) is 12.4. The summed E-state index contributed by atoms with van der Waals surface area (Å²) in [4.78, 5) is 30.3. The van der Waals surface area contributed by atoms with Crippen molar-refractivity contribution in [2.75, 3.05) is 32.1 Å². The van der Waals surface area contributed by atoms with Gasteiger partial charge in [-0.3, -0.25) is 9.59 Å². The minimum atomic E-state index is -0.607. The number of anilines is 1. The third kappa shape index (κ3) is 4.07. The van der Waals surface area contributed by atoms with Crippen LogP contribution in [0.15, 0.2) is 47.4 Å². The molecule has 1 aliphatic heterocycles. The quantitative estimate of drug-likeness (QED) is 0.706. The van der Waals surface area contributed by atoms with E-state index in [1.165, 1.54) is 16.7 Å². The lowest BCUT2D eigenvalue weighted by atomic mass is 10.1. The van der Waals surface area contributed by atoms with Crippen molar-refractivity contribution in [3.8, 4) is 0 Å². The highest BCUT2D eigenvalue weighted by Crippen LogP contribution is 2.45. The number of fused-ring (bicyclic) bond motifs is 1. The number of carbonyl (C=O) groups excluding carboxylic acids is 2. The fraction of sp³-hybridized carbons (Fsp3) is 0.263. The molecule has 0 N–H and O–H groups in total. The van der Waals surface area contributed by atoms with Crippen molar-refractivity contribution in [2.45, 2.75) is 10.1 Å². The first-order chi connectivity index (χ1) is 12.4. The van der Waals surface area contributed by atoms with Gasteiger partial charge in [0.2, 0.25) is 5.78 Å². The van der Waals surface area contributed by atoms with E-state index in [1.54, 1.807) is 36.4 Å². The van der Waals surface area contributed by atoms with Crippen molar-refractivity contribution >= 4 is 52.3 Å². The molecule has 0 saturated carbocycles. The van der Waals surface area contributed by atoms with Crippen LogP contribution in [-0.2, 0) is 9.59 Å². The zero-order valence-electron chi connectivity index (χ0n) is 14.4. The minimum absolute atomic E-state index is 0.415. The number of hydrogen-bond acceptors (Lipinski definition) is 4. The largest absolute Gasteiger partial charge is 0.308 e. The molecule has 0 radical (unpaired) electrons. The van der Waals surface area contributed by atoms with E-state index < -0.39 is 16.9 Å². The van der Waals surface area contributed by atoms with Gasteiger partial charge in [-0.25, -0.2) is 0 Å². The number of carbonyl (C=O) groups is 2. The molecule has 1 heterocycles.